The Balaban J connectivity index is -0.0000000800. The summed E-state index contributed by atoms with van der Waals surface area (Å²) in [6, 6.07) is 0. The van der Waals surface area contributed by atoms with Crippen molar-refractivity contribution < 1.29 is 34.4 Å². The molecule has 2 nitrogen and oxygen atoms in total. The fourth-order valence-electron chi connectivity index (χ4n) is 0.118. The fraction of sp³-hybridized carbons (Fsp3) is 0. The van der Waals surface area contributed by atoms with E-state index < -0.39 is 10.0 Å². The molecule has 0 unspecified atom stereocenters. The van der Waals surface area contributed by atoms with Gasteiger partial charge in [0.05, 0.1) is 0 Å². The Morgan fingerprint density at radius 3 is 1.43 bits per heavy atom. The van der Waals surface area contributed by atoms with Crippen LogP contribution in [0.25, 0.3) is 0 Å². The van der Waals surface area contributed by atoms with E-state index in [0.29, 0.717) is 0 Å². The minimum Gasteiger partial charge on any atom is -0.449 e. The van der Waals surface area contributed by atoms with Gasteiger partial charge in [-0.05, 0) is 0 Å². The van der Waals surface area contributed by atoms with Crippen molar-refractivity contribution in [3.05, 3.63) is 0 Å². The summed E-state index contributed by atoms with van der Waals surface area (Å²) in [5.41, 5.74) is 0. The molecule has 0 aromatic heterocycles. The molecular weight excluding hydrogens is 243 g/mol. The minimum atomic E-state index is -0.444. The van der Waals surface area contributed by atoms with Crippen molar-refractivity contribution in [3.8, 4) is 0 Å². The summed E-state index contributed by atoms with van der Waals surface area (Å²) in [5, 5.41) is 0. The molecule has 44 valence electrons. The topological polar surface area (TPSA) is 18.5 Å². The summed E-state index contributed by atoms with van der Waals surface area (Å²) >= 11 is 0. The summed E-state index contributed by atoms with van der Waals surface area (Å²) in [5.74, 6) is 0. The summed E-state index contributed by atoms with van der Waals surface area (Å²) in [6.07, 6.45) is 0. The van der Waals surface area contributed by atoms with Gasteiger partial charge in [-0.25, -0.2) is 0 Å². The molecule has 0 spiro atoms. The van der Waals surface area contributed by atoms with E-state index >= 15 is 0 Å². The van der Waals surface area contributed by atoms with E-state index in [1.54, 1.807) is 0 Å². The van der Waals surface area contributed by atoms with Crippen LogP contribution in [-0.2, 0) is 34.4 Å². The second-order valence-corrected chi connectivity index (χ2v) is 5.55. The van der Waals surface area contributed by atoms with Gasteiger partial charge in [-0.15, -0.1) is 12.4 Å². The van der Waals surface area contributed by atoms with E-state index in [4.69, 9.17) is 8.23 Å². The van der Waals surface area contributed by atoms with Crippen LogP contribution in [0.5, 0.6) is 0 Å². The maximum atomic E-state index is 4.78. The molecule has 0 atom stereocenters. The zero-order valence-electron chi connectivity index (χ0n) is 4.43. The smallest absolute Gasteiger partial charge is 0.282 e. The van der Waals surface area contributed by atoms with E-state index in [0.717, 1.165) is 21.0 Å². The van der Waals surface area contributed by atoms with Crippen LogP contribution >= 0.6 is 12.4 Å². The molecule has 7 heteroatoms. The maximum absolute atomic E-state index is 4.78. The van der Waals surface area contributed by atoms with E-state index in [1.165, 1.54) is 0 Å². The monoisotopic (exact) mass is 250 g/mol. The van der Waals surface area contributed by atoms with Gasteiger partial charge in [0.15, 0.2) is 0 Å². The summed E-state index contributed by atoms with van der Waals surface area (Å²) in [6.45, 7) is 0. The van der Waals surface area contributed by atoms with Gasteiger partial charge in [0.25, 0.3) is 10.0 Å². The second kappa shape index (κ2) is 15.6. The number of hydrogen-bond acceptors (Lipinski definition) is 2. The first-order chi connectivity index (χ1) is 2.41. The van der Waals surface area contributed by atoms with Gasteiger partial charge < -0.3 is 8.23 Å². The number of rotatable bonds is 2. The summed E-state index contributed by atoms with van der Waals surface area (Å²) < 4.78 is 9.56. The summed E-state index contributed by atoms with van der Waals surface area (Å²) in [7, 11) is 1.27. The first kappa shape index (κ1) is 15.9. The molecule has 0 heterocycles. The van der Waals surface area contributed by atoms with Crippen LogP contribution in [0.3, 0.4) is 0 Å². The van der Waals surface area contributed by atoms with Gasteiger partial charge in [0.1, 0.15) is 21.0 Å². The van der Waals surface area contributed by atoms with E-state index in [1.807, 2.05) is 0 Å². The van der Waals surface area contributed by atoms with Crippen molar-refractivity contribution in [1.82, 2.24) is 0 Å². The van der Waals surface area contributed by atoms with Gasteiger partial charge >= 0.3 is 0 Å². The van der Waals surface area contributed by atoms with Crippen molar-refractivity contribution in [1.29, 1.82) is 0 Å². The molecule has 7 heavy (non-hydrogen) atoms. The fourth-order valence-corrected chi connectivity index (χ4v) is 3.18. The van der Waals surface area contributed by atoms with Gasteiger partial charge in [-0.3, -0.25) is 0 Å². The third kappa shape index (κ3) is 18.2. The van der Waals surface area contributed by atoms with Crippen molar-refractivity contribution in [2.24, 2.45) is 0 Å². The van der Waals surface area contributed by atoms with Crippen molar-refractivity contribution >= 4 is 43.4 Å². The van der Waals surface area contributed by atoms with Crippen LogP contribution in [0.4, 0.5) is 0 Å². The summed E-state index contributed by atoms with van der Waals surface area (Å²) in [4.78, 5) is 0. The number of hydrogen-bond donors (Lipinski definition) is 0. The predicted octanol–water partition coefficient (Wildman–Crippen LogP) is -3.00. The van der Waals surface area contributed by atoms with Crippen molar-refractivity contribution in [2.75, 3.05) is 0 Å². The Morgan fingerprint density at radius 1 is 1.14 bits per heavy atom. The largest absolute Gasteiger partial charge is 0.449 e. The Kier molecular flexibility index (Phi) is 35.5. The second-order valence-electron chi connectivity index (χ2n) is 0.695. The Labute approximate surface area is 77.4 Å². The van der Waals surface area contributed by atoms with Gasteiger partial charge in [0, 0.05) is 26.2 Å². The molecule has 0 amide bonds. The molecule has 0 aromatic rings. The average Bonchev–Trinajstić information content (AvgIpc) is 1.41. The number of halogens is 1. The molecule has 0 aliphatic carbocycles. The van der Waals surface area contributed by atoms with Crippen LogP contribution in [0.1, 0.15) is 0 Å². The molecule has 0 saturated carbocycles. The van der Waals surface area contributed by atoms with Gasteiger partial charge in [-0.2, -0.15) is 0 Å². The zero-order valence-corrected chi connectivity index (χ0v) is 13.1. The molecule has 0 N–H and O–H groups in total. The minimum absolute atomic E-state index is 0. The Hall–Kier alpha value is 1.74. The average molecular weight is 252 g/mol. The molecule has 0 rings (SSSR count). The van der Waals surface area contributed by atoms with Gasteiger partial charge in [0.2, 0.25) is 0 Å². The quantitative estimate of drug-likeness (QED) is 0.488. The Morgan fingerprint density at radius 2 is 1.43 bits per heavy atom. The van der Waals surface area contributed by atoms with Crippen LogP contribution in [-0.4, -0.2) is 31.0 Å². The molecule has 0 fully saturated rings. The van der Waals surface area contributed by atoms with Crippen LogP contribution < -0.4 is 0 Å². The molecule has 0 saturated heterocycles. The van der Waals surface area contributed by atoms with Crippen molar-refractivity contribution in [2.45, 2.75) is 0 Å². The molecule has 0 aliphatic heterocycles. The normalized spacial score (nSPS) is 8.57. The van der Waals surface area contributed by atoms with Gasteiger partial charge in [-0.1, -0.05) is 0 Å². The van der Waals surface area contributed by atoms with Crippen LogP contribution in [0.2, 0.25) is 0 Å². The third-order valence-corrected chi connectivity index (χ3v) is 2.12. The molecule has 0 radical (unpaired) electrons. The Bertz CT molecular complexity index is 20.4. The molecule has 0 aromatic carbocycles. The standard InChI is InChI=1S/ClH.H8O2Si3.Zr/c;3-1-5-2-4;/h1H;5H2,3-4H3;. The molecular formula is H9ClO2Si3Zr. The predicted molar refractivity (Wildman–Crippen MR) is 37.8 cm³/mol. The van der Waals surface area contributed by atoms with E-state index in [2.05, 4.69) is 0 Å². The first-order valence-electron chi connectivity index (χ1n) is 1.39. The molecule has 0 aliphatic rings. The molecule has 0 bridgehead atoms. The third-order valence-electron chi connectivity index (χ3n) is 0.236. The van der Waals surface area contributed by atoms with E-state index in [-0.39, 0.29) is 38.6 Å². The van der Waals surface area contributed by atoms with Crippen molar-refractivity contribution in [3.63, 3.8) is 0 Å². The zero-order chi connectivity index (χ0) is 4.12. The maximum Gasteiger partial charge on any atom is 0.282 e. The SMILES string of the molecule is Cl.[SiH3]O[SiH2]O[SiH3].[Zr]. The van der Waals surface area contributed by atoms with Crippen LogP contribution in [0, 0.1) is 0 Å². The first-order valence-corrected chi connectivity index (χ1v) is 4.18. The van der Waals surface area contributed by atoms with E-state index in [9.17, 15) is 0 Å². The van der Waals surface area contributed by atoms with Crippen LogP contribution in [0.15, 0.2) is 0 Å².